The molecule has 1 amide bonds. The minimum absolute atomic E-state index is 0.125. The van der Waals surface area contributed by atoms with Crippen LogP contribution in [0.5, 0.6) is 5.06 Å². The lowest BCUT2D eigenvalue weighted by Crippen LogP contribution is -2.26. The summed E-state index contributed by atoms with van der Waals surface area (Å²) < 4.78 is 44.3. The fourth-order valence-corrected chi connectivity index (χ4v) is 6.58. The van der Waals surface area contributed by atoms with E-state index >= 15 is 0 Å². The van der Waals surface area contributed by atoms with Crippen LogP contribution in [0.2, 0.25) is 0 Å². The van der Waals surface area contributed by atoms with Crippen molar-refractivity contribution in [2.75, 3.05) is 0 Å². The second kappa shape index (κ2) is 12.0. The number of ether oxygens (including phenoxy) is 1. The molecular weight excluding hydrogens is 535 g/mol. The van der Waals surface area contributed by atoms with Gasteiger partial charge in [-0.1, -0.05) is 25.5 Å². The standard InChI is InChI=1S/C26H26F3N5O2S2/c1-4-5-20(21-10-11-23(38-21)36-25(35)30-14-22-31-33-34-32-22)37-19-12-15(2)24(16(3)13-19)17-6-8-18(9-7-17)26(27,28)29/h6-13,20H,4-5,14H2,1-3H3,(H,30,35)(H,31,32,33,34). The molecule has 12 heteroatoms. The third-order valence-corrected chi connectivity index (χ3v) is 8.25. The van der Waals surface area contributed by atoms with Gasteiger partial charge < -0.3 is 10.1 Å². The van der Waals surface area contributed by atoms with Crippen molar-refractivity contribution < 1.29 is 22.7 Å². The van der Waals surface area contributed by atoms with Crippen LogP contribution in [0, 0.1) is 13.8 Å². The number of hydrogen-bond donors (Lipinski definition) is 2. The van der Waals surface area contributed by atoms with Gasteiger partial charge in [0.2, 0.25) is 0 Å². The zero-order chi connectivity index (χ0) is 27.3. The average Bonchev–Trinajstić information content (AvgIpc) is 3.54. The molecule has 4 aromatic rings. The molecule has 2 heterocycles. The van der Waals surface area contributed by atoms with Crippen LogP contribution < -0.4 is 10.1 Å². The Balaban J connectivity index is 1.46. The van der Waals surface area contributed by atoms with Gasteiger partial charge in [-0.15, -0.1) is 28.2 Å². The number of carbonyl (C=O) groups excluding carboxylic acids is 1. The number of alkyl halides is 3. The Kier molecular flexibility index (Phi) is 8.72. The summed E-state index contributed by atoms with van der Waals surface area (Å²) in [4.78, 5) is 14.3. The number of thioether (sulfide) groups is 1. The third kappa shape index (κ3) is 6.93. The third-order valence-electron chi connectivity index (χ3n) is 5.74. The molecule has 0 spiro atoms. The van der Waals surface area contributed by atoms with E-state index in [0.29, 0.717) is 10.9 Å². The first-order valence-corrected chi connectivity index (χ1v) is 13.6. The number of rotatable bonds is 9. The highest BCUT2D eigenvalue weighted by Gasteiger charge is 2.30. The molecule has 2 aromatic carbocycles. The Bertz CT molecular complexity index is 1350. The van der Waals surface area contributed by atoms with E-state index in [1.165, 1.54) is 23.5 Å². The Labute approximate surface area is 226 Å². The normalized spacial score (nSPS) is 12.4. The molecule has 0 aliphatic rings. The summed E-state index contributed by atoms with van der Waals surface area (Å²) in [6.45, 7) is 6.20. The quantitative estimate of drug-likeness (QED) is 0.206. The van der Waals surface area contributed by atoms with Gasteiger partial charge in [-0.2, -0.15) is 13.2 Å². The van der Waals surface area contributed by atoms with E-state index in [4.69, 9.17) is 4.74 Å². The van der Waals surface area contributed by atoms with Crippen LogP contribution >= 0.6 is 23.1 Å². The van der Waals surface area contributed by atoms with E-state index in [1.54, 1.807) is 17.8 Å². The lowest BCUT2D eigenvalue weighted by molar-refractivity contribution is -0.137. The first kappa shape index (κ1) is 27.6. The van der Waals surface area contributed by atoms with Crippen molar-refractivity contribution in [3.63, 3.8) is 0 Å². The number of carbonyl (C=O) groups is 1. The first-order valence-electron chi connectivity index (χ1n) is 11.9. The Morgan fingerprint density at radius 1 is 1.13 bits per heavy atom. The summed E-state index contributed by atoms with van der Waals surface area (Å²) in [6.07, 6.45) is -3.06. The zero-order valence-electron chi connectivity index (χ0n) is 20.9. The molecule has 4 rings (SSSR count). The van der Waals surface area contributed by atoms with Gasteiger partial charge in [0.25, 0.3) is 0 Å². The Morgan fingerprint density at radius 2 is 1.84 bits per heavy atom. The smallest absolute Gasteiger partial charge is 0.399 e. The molecule has 1 unspecified atom stereocenters. The van der Waals surface area contributed by atoms with Crippen LogP contribution in [0.15, 0.2) is 53.4 Å². The van der Waals surface area contributed by atoms with Crippen LogP contribution in [0.4, 0.5) is 18.0 Å². The monoisotopic (exact) mass is 561 g/mol. The van der Waals surface area contributed by atoms with Gasteiger partial charge in [-0.05, 0) is 89.3 Å². The van der Waals surface area contributed by atoms with E-state index < -0.39 is 17.8 Å². The number of hydrogen-bond acceptors (Lipinski definition) is 7. The predicted molar refractivity (Wildman–Crippen MR) is 141 cm³/mol. The maximum absolute atomic E-state index is 13.0. The van der Waals surface area contributed by atoms with Crippen LogP contribution in [-0.4, -0.2) is 26.7 Å². The van der Waals surface area contributed by atoms with Crippen molar-refractivity contribution in [1.29, 1.82) is 0 Å². The molecule has 0 fully saturated rings. The summed E-state index contributed by atoms with van der Waals surface area (Å²) in [5.41, 5.74) is 3.03. The molecule has 0 aliphatic carbocycles. The number of benzene rings is 2. The SMILES string of the molecule is CCCC(Sc1cc(C)c(-c2ccc(C(F)(F)F)cc2)c(C)c1)c1ccc(OC(=O)NCc2nnn[nH]2)s1. The van der Waals surface area contributed by atoms with Gasteiger partial charge in [0.1, 0.15) is 0 Å². The van der Waals surface area contributed by atoms with E-state index in [-0.39, 0.29) is 11.8 Å². The van der Waals surface area contributed by atoms with Gasteiger partial charge in [-0.3, -0.25) is 0 Å². The van der Waals surface area contributed by atoms with Crippen molar-refractivity contribution in [3.05, 3.63) is 75.9 Å². The number of aromatic amines is 1. The zero-order valence-corrected chi connectivity index (χ0v) is 22.6. The average molecular weight is 562 g/mol. The number of aryl methyl sites for hydroxylation is 2. The number of nitrogens with one attached hydrogen (secondary N) is 2. The molecule has 2 aromatic heterocycles. The van der Waals surface area contributed by atoms with E-state index in [2.05, 4.69) is 45.0 Å². The fourth-order valence-electron chi connectivity index (χ4n) is 4.06. The second-order valence-electron chi connectivity index (χ2n) is 8.65. The molecule has 0 saturated carbocycles. The van der Waals surface area contributed by atoms with Crippen LogP contribution in [0.3, 0.4) is 0 Å². The first-order chi connectivity index (χ1) is 18.1. The predicted octanol–water partition coefficient (Wildman–Crippen LogP) is 7.49. The molecule has 0 radical (unpaired) electrons. The number of amides is 1. The Hall–Kier alpha value is -3.38. The van der Waals surface area contributed by atoms with Gasteiger partial charge in [0, 0.05) is 15.0 Å². The molecule has 0 aliphatic heterocycles. The number of thiophene rings is 1. The van der Waals surface area contributed by atoms with Crippen LogP contribution in [0.1, 0.15) is 52.4 Å². The number of aromatic nitrogens is 4. The molecule has 38 heavy (non-hydrogen) atoms. The Morgan fingerprint density at radius 3 is 2.45 bits per heavy atom. The van der Waals surface area contributed by atoms with Gasteiger partial charge >= 0.3 is 12.3 Å². The van der Waals surface area contributed by atoms with Gasteiger partial charge in [-0.25, -0.2) is 9.89 Å². The van der Waals surface area contributed by atoms with Crippen molar-refractivity contribution in [3.8, 4) is 16.2 Å². The minimum Gasteiger partial charge on any atom is -0.399 e. The highest BCUT2D eigenvalue weighted by atomic mass is 32.2. The summed E-state index contributed by atoms with van der Waals surface area (Å²) in [5.74, 6) is 0.420. The van der Waals surface area contributed by atoms with Crippen LogP contribution in [0.25, 0.3) is 11.1 Å². The van der Waals surface area contributed by atoms with Gasteiger partial charge in [0.05, 0.1) is 12.1 Å². The lowest BCUT2D eigenvalue weighted by Gasteiger charge is -2.18. The number of tetrazole rings is 1. The largest absolute Gasteiger partial charge is 0.416 e. The van der Waals surface area contributed by atoms with Crippen molar-refractivity contribution in [2.45, 2.75) is 56.5 Å². The molecule has 7 nitrogen and oxygen atoms in total. The molecule has 2 N–H and O–H groups in total. The number of nitrogens with zero attached hydrogens (tertiary/aromatic N) is 3. The van der Waals surface area contributed by atoms with E-state index in [1.807, 2.05) is 19.9 Å². The summed E-state index contributed by atoms with van der Waals surface area (Å²) in [7, 11) is 0. The topological polar surface area (TPSA) is 92.8 Å². The fraction of sp³-hybridized carbons (Fsp3) is 0.308. The number of halogens is 3. The summed E-state index contributed by atoms with van der Waals surface area (Å²) >= 11 is 3.14. The molecule has 0 bridgehead atoms. The molecule has 0 saturated heterocycles. The molecule has 200 valence electrons. The number of H-pyrrole nitrogens is 1. The second-order valence-corrected chi connectivity index (χ2v) is 11.0. The maximum Gasteiger partial charge on any atom is 0.416 e. The molecule has 1 atom stereocenters. The lowest BCUT2D eigenvalue weighted by atomic mass is 9.95. The maximum atomic E-state index is 13.0. The van der Waals surface area contributed by atoms with E-state index in [0.717, 1.165) is 57.0 Å². The van der Waals surface area contributed by atoms with Crippen molar-refractivity contribution in [1.82, 2.24) is 25.9 Å². The minimum atomic E-state index is -4.36. The highest BCUT2D eigenvalue weighted by Crippen LogP contribution is 2.44. The molecular formula is C26H26F3N5O2S2. The highest BCUT2D eigenvalue weighted by molar-refractivity contribution is 7.99. The van der Waals surface area contributed by atoms with Gasteiger partial charge in [0.15, 0.2) is 10.9 Å². The van der Waals surface area contributed by atoms with Crippen LogP contribution in [-0.2, 0) is 12.7 Å². The summed E-state index contributed by atoms with van der Waals surface area (Å²) in [5, 5.41) is 16.4. The van der Waals surface area contributed by atoms with Crippen molar-refractivity contribution >= 4 is 29.2 Å². The van der Waals surface area contributed by atoms with Crippen molar-refractivity contribution in [2.24, 2.45) is 0 Å². The summed E-state index contributed by atoms with van der Waals surface area (Å²) in [6, 6.07) is 13.2. The van der Waals surface area contributed by atoms with E-state index in [9.17, 15) is 18.0 Å².